The Morgan fingerprint density at radius 3 is 2.71 bits per heavy atom. The van der Waals surface area contributed by atoms with E-state index in [1.807, 2.05) is 24.3 Å². The van der Waals surface area contributed by atoms with Gasteiger partial charge in [-0.05, 0) is 24.6 Å². The van der Waals surface area contributed by atoms with Crippen molar-refractivity contribution < 1.29 is 23.6 Å². The highest BCUT2D eigenvalue weighted by atomic mass is 16.5. The zero-order valence-corrected chi connectivity index (χ0v) is 15.9. The number of rotatable bonds is 6. The molecule has 9 nitrogen and oxygen atoms in total. The smallest absolute Gasteiger partial charge is 0.314 e. The number of carbonyl (C=O) groups excluding carboxylic acids is 2. The van der Waals surface area contributed by atoms with E-state index in [0.29, 0.717) is 19.0 Å². The second kappa shape index (κ2) is 9.34. The highest BCUT2D eigenvalue weighted by Crippen LogP contribution is 2.24. The number of ether oxygens (including phenoxy) is 2. The summed E-state index contributed by atoms with van der Waals surface area (Å²) >= 11 is 0. The van der Waals surface area contributed by atoms with Crippen molar-refractivity contribution in [3.8, 4) is 5.75 Å². The second-order valence-electron chi connectivity index (χ2n) is 6.43. The Labute approximate surface area is 163 Å². The largest absolute Gasteiger partial charge is 0.497 e. The van der Waals surface area contributed by atoms with E-state index in [0.717, 1.165) is 24.4 Å². The van der Waals surface area contributed by atoms with Crippen molar-refractivity contribution in [1.29, 1.82) is 0 Å². The minimum absolute atomic E-state index is 0.106. The van der Waals surface area contributed by atoms with Gasteiger partial charge in [-0.3, -0.25) is 19.8 Å². The van der Waals surface area contributed by atoms with E-state index >= 15 is 0 Å². The topological polar surface area (TPSA) is 106 Å². The van der Waals surface area contributed by atoms with E-state index in [1.165, 1.54) is 6.07 Å². The van der Waals surface area contributed by atoms with Crippen molar-refractivity contribution >= 4 is 17.6 Å². The molecule has 0 radical (unpaired) electrons. The van der Waals surface area contributed by atoms with E-state index in [2.05, 4.69) is 20.7 Å². The Hall–Kier alpha value is -2.91. The Morgan fingerprint density at radius 2 is 2.04 bits per heavy atom. The van der Waals surface area contributed by atoms with Crippen LogP contribution in [0.3, 0.4) is 0 Å². The maximum atomic E-state index is 12.2. The fourth-order valence-electron chi connectivity index (χ4n) is 3.06. The van der Waals surface area contributed by atoms with Crippen LogP contribution in [0.4, 0.5) is 5.82 Å². The Balaban J connectivity index is 1.66. The van der Waals surface area contributed by atoms with Gasteiger partial charge in [0, 0.05) is 25.7 Å². The molecule has 1 atom stereocenters. The van der Waals surface area contributed by atoms with Crippen molar-refractivity contribution in [2.45, 2.75) is 13.0 Å². The number of anilines is 1. The van der Waals surface area contributed by atoms with Crippen LogP contribution in [0.25, 0.3) is 0 Å². The molecule has 2 aromatic rings. The summed E-state index contributed by atoms with van der Waals surface area (Å²) in [4.78, 5) is 26.6. The maximum absolute atomic E-state index is 12.2. The molecule has 1 aromatic carbocycles. The van der Waals surface area contributed by atoms with Gasteiger partial charge in [-0.2, -0.15) is 0 Å². The van der Waals surface area contributed by atoms with Crippen LogP contribution < -0.4 is 15.4 Å². The van der Waals surface area contributed by atoms with Gasteiger partial charge in [0.05, 0.1) is 26.4 Å². The van der Waals surface area contributed by atoms with Crippen LogP contribution in [0, 0.1) is 6.92 Å². The van der Waals surface area contributed by atoms with Crippen molar-refractivity contribution in [3.63, 3.8) is 0 Å². The lowest BCUT2D eigenvalue weighted by molar-refractivity contribution is -0.136. The van der Waals surface area contributed by atoms with Crippen LogP contribution in [0.15, 0.2) is 34.9 Å². The van der Waals surface area contributed by atoms with Crippen LogP contribution in [0.2, 0.25) is 0 Å². The van der Waals surface area contributed by atoms with Gasteiger partial charge in [0.1, 0.15) is 11.5 Å². The molecule has 1 aromatic heterocycles. The highest BCUT2D eigenvalue weighted by Gasteiger charge is 2.25. The molecule has 2 heterocycles. The highest BCUT2D eigenvalue weighted by molar-refractivity contribution is 6.39. The summed E-state index contributed by atoms with van der Waals surface area (Å²) in [6, 6.07) is 9.12. The molecule has 2 amide bonds. The van der Waals surface area contributed by atoms with Crippen LogP contribution in [0.5, 0.6) is 5.75 Å². The number of aromatic nitrogens is 1. The number of carbonyl (C=O) groups is 2. The molecule has 150 valence electrons. The molecule has 1 fully saturated rings. The number of benzene rings is 1. The number of methoxy groups -OCH3 is 1. The summed E-state index contributed by atoms with van der Waals surface area (Å²) in [5.74, 6) is -0.0426. The van der Waals surface area contributed by atoms with Crippen molar-refractivity contribution in [2.75, 3.05) is 45.3 Å². The predicted molar refractivity (Wildman–Crippen MR) is 101 cm³/mol. The molecular weight excluding hydrogens is 364 g/mol. The van der Waals surface area contributed by atoms with Gasteiger partial charge in [-0.25, -0.2) is 0 Å². The summed E-state index contributed by atoms with van der Waals surface area (Å²) < 4.78 is 15.6. The fourth-order valence-corrected chi connectivity index (χ4v) is 3.06. The van der Waals surface area contributed by atoms with Gasteiger partial charge in [0.15, 0.2) is 5.82 Å². The molecule has 3 rings (SSSR count). The van der Waals surface area contributed by atoms with Gasteiger partial charge in [0.25, 0.3) is 0 Å². The van der Waals surface area contributed by atoms with E-state index < -0.39 is 11.8 Å². The van der Waals surface area contributed by atoms with Crippen LogP contribution in [0.1, 0.15) is 17.4 Å². The Bertz CT molecular complexity index is 816. The summed E-state index contributed by atoms with van der Waals surface area (Å²) in [7, 11) is 1.61. The average Bonchev–Trinajstić information content (AvgIpc) is 3.13. The minimum atomic E-state index is -0.792. The Morgan fingerprint density at radius 1 is 1.25 bits per heavy atom. The van der Waals surface area contributed by atoms with Gasteiger partial charge in [0.2, 0.25) is 0 Å². The van der Waals surface area contributed by atoms with Crippen LogP contribution >= 0.6 is 0 Å². The lowest BCUT2D eigenvalue weighted by atomic mass is 10.0. The van der Waals surface area contributed by atoms with Crippen molar-refractivity contribution in [3.05, 3.63) is 41.7 Å². The number of hydrogen-bond donors (Lipinski definition) is 2. The van der Waals surface area contributed by atoms with E-state index in [4.69, 9.17) is 14.0 Å². The summed E-state index contributed by atoms with van der Waals surface area (Å²) in [5, 5.41) is 8.78. The summed E-state index contributed by atoms with van der Waals surface area (Å²) in [6.07, 6.45) is 0. The van der Waals surface area contributed by atoms with Gasteiger partial charge < -0.3 is 19.3 Å². The molecule has 2 N–H and O–H groups in total. The molecule has 0 spiro atoms. The lowest BCUT2D eigenvalue weighted by Gasteiger charge is -2.35. The third-order valence-corrected chi connectivity index (χ3v) is 4.50. The number of nitrogens with one attached hydrogen (secondary N) is 2. The average molecular weight is 388 g/mol. The Kier molecular flexibility index (Phi) is 6.62. The first-order chi connectivity index (χ1) is 13.6. The zero-order chi connectivity index (χ0) is 19.9. The summed E-state index contributed by atoms with van der Waals surface area (Å²) in [6.45, 7) is 4.70. The SMILES string of the molecule is COc1cccc([C@H](CNC(=O)C(=O)Nc2cc(C)on2)N2CCOCC2)c1. The molecule has 0 saturated carbocycles. The molecule has 0 aliphatic carbocycles. The van der Waals surface area contributed by atoms with Gasteiger partial charge in [-0.1, -0.05) is 17.3 Å². The first kappa shape index (κ1) is 19.8. The minimum Gasteiger partial charge on any atom is -0.497 e. The van der Waals surface area contributed by atoms with Crippen LogP contribution in [-0.2, 0) is 14.3 Å². The molecule has 1 saturated heterocycles. The maximum Gasteiger partial charge on any atom is 0.314 e. The molecule has 28 heavy (non-hydrogen) atoms. The van der Waals surface area contributed by atoms with E-state index in [9.17, 15) is 9.59 Å². The standard InChI is InChI=1S/C19H24N4O5/c1-13-10-17(22-28-13)21-19(25)18(24)20-12-16(23-6-8-27-9-7-23)14-4-3-5-15(11-14)26-2/h3-5,10-11,16H,6-9,12H2,1-2H3,(H,20,24)(H,21,22,25)/t16-/m0/s1. The number of aryl methyl sites for hydroxylation is 1. The molecule has 0 unspecified atom stereocenters. The quantitative estimate of drug-likeness (QED) is 0.714. The van der Waals surface area contributed by atoms with Crippen molar-refractivity contribution in [2.24, 2.45) is 0 Å². The van der Waals surface area contributed by atoms with Gasteiger partial charge in [-0.15, -0.1) is 0 Å². The molecule has 1 aliphatic heterocycles. The molecule has 9 heteroatoms. The lowest BCUT2D eigenvalue weighted by Crippen LogP contribution is -2.45. The van der Waals surface area contributed by atoms with Crippen molar-refractivity contribution in [1.82, 2.24) is 15.4 Å². The van der Waals surface area contributed by atoms with Gasteiger partial charge >= 0.3 is 11.8 Å². The summed E-state index contributed by atoms with van der Waals surface area (Å²) in [5.41, 5.74) is 0.995. The number of nitrogens with zero attached hydrogens (tertiary/aromatic N) is 2. The molecule has 0 bridgehead atoms. The number of morpholine rings is 1. The fraction of sp³-hybridized carbons (Fsp3) is 0.421. The third kappa shape index (κ3) is 5.08. The number of amides is 2. The zero-order valence-electron chi connectivity index (χ0n) is 15.9. The van der Waals surface area contributed by atoms with E-state index in [-0.39, 0.29) is 18.4 Å². The third-order valence-electron chi connectivity index (χ3n) is 4.50. The molecule has 1 aliphatic rings. The predicted octanol–water partition coefficient (Wildman–Crippen LogP) is 1.12. The normalized spacial score (nSPS) is 15.6. The van der Waals surface area contributed by atoms with E-state index in [1.54, 1.807) is 14.0 Å². The first-order valence-corrected chi connectivity index (χ1v) is 9.05. The molecular formula is C19H24N4O5. The first-order valence-electron chi connectivity index (χ1n) is 9.05. The monoisotopic (exact) mass is 388 g/mol. The number of hydrogen-bond acceptors (Lipinski definition) is 7. The second-order valence-corrected chi connectivity index (χ2v) is 6.43. The van der Waals surface area contributed by atoms with Crippen LogP contribution in [-0.4, -0.2) is 61.8 Å².